The van der Waals surface area contributed by atoms with Crippen molar-refractivity contribution in [1.29, 1.82) is 0 Å². The minimum absolute atomic E-state index is 0.113. The van der Waals surface area contributed by atoms with E-state index in [1.54, 1.807) is 6.92 Å². The highest BCUT2D eigenvalue weighted by Crippen LogP contribution is 2.72. The molecule has 5 aliphatic rings. The number of hydrogen-bond donors (Lipinski definition) is 3. The van der Waals surface area contributed by atoms with Crippen LogP contribution in [0.2, 0.25) is 0 Å². The van der Waals surface area contributed by atoms with Crippen molar-refractivity contribution in [3.8, 4) is 0 Å². The Kier molecular flexibility index (Phi) is 7.50. The van der Waals surface area contributed by atoms with E-state index in [1.165, 1.54) is 40.7 Å². The Balaban J connectivity index is 1.75. The Morgan fingerprint density at radius 3 is 2.14 bits per heavy atom. The molecule has 5 rings (SSSR count). The molecule has 4 saturated carbocycles. The summed E-state index contributed by atoms with van der Waals surface area (Å²) in [5.41, 5.74) is -5.54. The molecular weight excluding hydrogens is 562 g/mol. The number of nitroso groups, excluding NO2 is 1. The molecule has 4 fully saturated rings. The van der Waals surface area contributed by atoms with E-state index in [2.05, 4.69) is 5.18 Å². The molecule has 0 heterocycles. The maximum absolute atomic E-state index is 14.0. The second-order valence-electron chi connectivity index (χ2n) is 14.4. The first-order chi connectivity index (χ1) is 19.8. The molecular formula is C31H43NO11. The van der Waals surface area contributed by atoms with Gasteiger partial charge in [-0.15, -0.1) is 0 Å². The molecule has 0 amide bonds. The van der Waals surface area contributed by atoms with Gasteiger partial charge in [0.1, 0.15) is 29.7 Å². The van der Waals surface area contributed by atoms with Crippen LogP contribution in [0.1, 0.15) is 74.1 Å². The normalized spacial score (nSPS) is 50.2. The van der Waals surface area contributed by atoms with Crippen molar-refractivity contribution in [1.82, 2.24) is 0 Å². The monoisotopic (exact) mass is 605 g/mol. The molecule has 12 heteroatoms. The van der Waals surface area contributed by atoms with Gasteiger partial charge >= 0.3 is 17.9 Å². The van der Waals surface area contributed by atoms with Crippen molar-refractivity contribution in [2.24, 2.45) is 51.5 Å². The first-order valence-electron chi connectivity index (χ1n) is 15.1. The first-order valence-corrected chi connectivity index (χ1v) is 15.1. The first kappa shape index (κ1) is 31.7. The molecule has 0 aromatic rings. The zero-order valence-electron chi connectivity index (χ0n) is 25.7. The van der Waals surface area contributed by atoms with Crippen molar-refractivity contribution in [2.45, 2.75) is 110 Å². The fourth-order valence-electron chi connectivity index (χ4n) is 10.4. The van der Waals surface area contributed by atoms with E-state index in [4.69, 9.17) is 14.2 Å². The third-order valence-electron chi connectivity index (χ3n) is 11.9. The summed E-state index contributed by atoms with van der Waals surface area (Å²) in [5.74, 6) is -6.93. The van der Waals surface area contributed by atoms with Crippen molar-refractivity contribution in [2.75, 3.05) is 0 Å². The molecule has 0 spiro atoms. The van der Waals surface area contributed by atoms with Crippen LogP contribution >= 0.6 is 0 Å². The standard InChI is InChI=1S/C31H43NO11/c1-13(33)41-20-12-29(5,38)26-19(31(20,7)39)11-17-21-22(25(42-14(2)34)27(30(17,26)6)43-15(3)35)28(4)9-8-16(32-40)10-18(28)23(36)24(21)37/h12,16-19,21-22,24-27,37-39H,8-11H2,1-7H3/t16?,17?,18?,19-,21+,22?,24-,25+,26?,27+,28+,29-,30+,31-/m1/s1. The van der Waals surface area contributed by atoms with Crippen LogP contribution in [0.4, 0.5) is 0 Å². The second kappa shape index (κ2) is 10.2. The highest BCUT2D eigenvalue weighted by atomic mass is 16.6. The third-order valence-corrected chi connectivity index (χ3v) is 11.9. The summed E-state index contributed by atoms with van der Waals surface area (Å²) in [5, 5.41) is 38.9. The van der Waals surface area contributed by atoms with Crippen molar-refractivity contribution in [3.63, 3.8) is 0 Å². The lowest BCUT2D eigenvalue weighted by Crippen LogP contribution is -2.72. The number of carbonyl (C=O) groups excluding carboxylic acids is 4. The summed E-state index contributed by atoms with van der Waals surface area (Å²) >= 11 is 0. The molecule has 0 aromatic carbocycles. The molecule has 43 heavy (non-hydrogen) atoms. The Hall–Kier alpha value is -2.70. The Labute approximate surface area is 250 Å². The summed E-state index contributed by atoms with van der Waals surface area (Å²) in [4.78, 5) is 62.8. The van der Waals surface area contributed by atoms with Crippen molar-refractivity contribution >= 4 is 23.7 Å². The highest BCUT2D eigenvalue weighted by molar-refractivity contribution is 5.88. The fraction of sp³-hybridized carbons (Fsp3) is 0.806. The summed E-state index contributed by atoms with van der Waals surface area (Å²) in [6.45, 7) is 10.4. The van der Waals surface area contributed by atoms with Crippen LogP contribution in [0, 0.1) is 51.2 Å². The number of nitrogens with zero attached hydrogens (tertiary/aromatic N) is 1. The van der Waals surface area contributed by atoms with E-state index < -0.39 is 106 Å². The molecule has 238 valence electrons. The molecule has 0 aromatic heterocycles. The van der Waals surface area contributed by atoms with Gasteiger partial charge in [-0.25, -0.2) is 0 Å². The topological polar surface area (TPSA) is 186 Å². The average Bonchev–Trinajstić information content (AvgIpc) is 3.22. The average molecular weight is 606 g/mol. The van der Waals surface area contributed by atoms with E-state index >= 15 is 0 Å². The third kappa shape index (κ3) is 4.49. The SMILES string of the molecule is CC(=O)OC1=C[C@@](C)(O)C2[C@@H](CC3[C@H]4C([C@H](OC(C)=O)[C@H](OC(C)=O)[C@@]32C)[C@@]2(C)CCC(N=O)CC2C(=O)[C@@H]4O)[C@@]1(C)O. The van der Waals surface area contributed by atoms with E-state index in [1.807, 2.05) is 6.92 Å². The van der Waals surface area contributed by atoms with E-state index in [0.29, 0.717) is 12.8 Å². The van der Waals surface area contributed by atoms with Crippen LogP contribution in [-0.4, -0.2) is 74.6 Å². The van der Waals surface area contributed by atoms with E-state index in [-0.39, 0.29) is 18.6 Å². The zero-order chi connectivity index (χ0) is 32.0. The maximum Gasteiger partial charge on any atom is 0.307 e. The number of carbonyl (C=O) groups is 4. The second-order valence-corrected chi connectivity index (χ2v) is 14.4. The van der Waals surface area contributed by atoms with Crippen LogP contribution in [0.5, 0.6) is 0 Å². The lowest BCUT2D eigenvalue weighted by atomic mass is 9.41. The number of esters is 3. The quantitative estimate of drug-likeness (QED) is 0.242. The molecule has 0 aliphatic heterocycles. The van der Waals surface area contributed by atoms with Gasteiger partial charge < -0.3 is 29.5 Å². The number of fused-ring (bicyclic) bond motifs is 7. The van der Waals surface area contributed by atoms with Crippen molar-refractivity contribution < 1.29 is 48.7 Å². The molecule has 14 atom stereocenters. The van der Waals surface area contributed by atoms with Gasteiger partial charge in [0.2, 0.25) is 0 Å². The predicted molar refractivity (Wildman–Crippen MR) is 148 cm³/mol. The summed E-state index contributed by atoms with van der Waals surface area (Å²) in [6.07, 6.45) is -1.32. The van der Waals surface area contributed by atoms with Crippen LogP contribution in [0.3, 0.4) is 0 Å². The Bertz CT molecular complexity index is 1270. The highest BCUT2D eigenvalue weighted by Gasteiger charge is 2.77. The van der Waals surface area contributed by atoms with Crippen molar-refractivity contribution in [3.05, 3.63) is 16.7 Å². The van der Waals surface area contributed by atoms with Crippen LogP contribution in [-0.2, 0) is 33.4 Å². The fourth-order valence-corrected chi connectivity index (χ4v) is 10.4. The van der Waals surface area contributed by atoms with Gasteiger partial charge in [-0.05, 0) is 56.9 Å². The maximum atomic E-state index is 14.0. The molecule has 0 radical (unpaired) electrons. The Morgan fingerprint density at radius 1 is 0.953 bits per heavy atom. The number of aliphatic hydroxyl groups is 3. The molecule has 0 saturated heterocycles. The smallest absolute Gasteiger partial charge is 0.307 e. The zero-order valence-corrected chi connectivity index (χ0v) is 25.7. The predicted octanol–water partition coefficient (Wildman–Crippen LogP) is 2.20. The number of hydrogen-bond acceptors (Lipinski definition) is 12. The van der Waals surface area contributed by atoms with E-state index in [0.717, 1.165) is 0 Å². The number of rotatable bonds is 4. The molecule has 5 unspecified atom stereocenters. The van der Waals surface area contributed by atoms with Crippen LogP contribution in [0.15, 0.2) is 17.0 Å². The summed E-state index contributed by atoms with van der Waals surface area (Å²) in [6, 6.07) is -0.596. The lowest BCUT2D eigenvalue weighted by molar-refractivity contribution is -0.262. The number of aliphatic hydroxyl groups excluding tert-OH is 1. The van der Waals surface area contributed by atoms with Gasteiger partial charge in [0, 0.05) is 55.8 Å². The number of Topliss-reactive ketones (excluding diaryl/α,β-unsaturated/α-hetero) is 1. The summed E-state index contributed by atoms with van der Waals surface area (Å²) < 4.78 is 17.4. The van der Waals surface area contributed by atoms with Gasteiger partial charge in [0.05, 0.1) is 11.6 Å². The molecule has 3 N–H and O–H groups in total. The van der Waals surface area contributed by atoms with Crippen LogP contribution in [0.25, 0.3) is 0 Å². The van der Waals surface area contributed by atoms with Gasteiger partial charge in [-0.2, -0.15) is 4.91 Å². The number of ketones is 1. The Morgan fingerprint density at radius 2 is 1.58 bits per heavy atom. The van der Waals surface area contributed by atoms with Crippen LogP contribution < -0.4 is 0 Å². The minimum atomic E-state index is -1.75. The minimum Gasteiger partial charge on any atom is -0.458 e. The largest absolute Gasteiger partial charge is 0.458 e. The lowest BCUT2D eigenvalue weighted by Gasteiger charge is -2.65. The molecule has 12 nitrogen and oxygen atoms in total. The van der Waals surface area contributed by atoms with Gasteiger partial charge in [0.15, 0.2) is 5.78 Å². The van der Waals surface area contributed by atoms with Gasteiger partial charge in [0.25, 0.3) is 0 Å². The molecule has 0 bridgehead atoms. The summed E-state index contributed by atoms with van der Waals surface area (Å²) in [7, 11) is 0. The van der Waals surface area contributed by atoms with Gasteiger partial charge in [-0.3, -0.25) is 19.2 Å². The molecule has 5 aliphatic carbocycles. The van der Waals surface area contributed by atoms with E-state index in [9.17, 15) is 39.4 Å². The number of ether oxygens (including phenoxy) is 3. The van der Waals surface area contributed by atoms with Gasteiger partial charge in [-0.1, -0.05) is 19.0 Å².